The number of hydrogen-bond acceptors (Lipinski definition) is 2. The summed E-state index contributed by atoms with van der Waals surface area (Å²) in [6, 6.07) is 3.71. The van der Waals surface area contributed by atoms with E-state index in [2.05, 4.69) is 15.9 Å². The number of fused-ring (bicyclic) bond motifs is 1. The Morgan fingerprint density at radius 2 is 2.21 bits per heavy atom. The Kier molecular flexibility index (Phi) is 2.85. The molecule has 14 heavy (non-hydrogen) atoms. The maximum atomic E-state index is 13.3. The highest BCUT2D eigenvalue weighted by Crippen LogP contribution is 2.30. The monoisotopic (exact) mass is 274 g/mol. The van der Waals surface area contributed by atoms with Crippen molar-refractivity contribution in [2.45, 2.75) is 11.9 Å². The summed E-state index contributed by atoms with van der Waals surface area (Å²) in [4.78, 5) is 0. The Morgan fingerprint density at radius 1 is 1.43 bits per heavy atom. The zero-order valence-corrected chi connectivity index (χ0v) is 9.66. The molecule has 1 heterocycles. The minimum atomic E-state index is -0.206. The van der Waals surface area contributed by atoms with Crippen molar-refractivity contribution in [3.8, 4) is 0 Å². The van der Waals surface area contributed by atoms with Gasteiger partial charge in [-0.05, 0) is 17.2 Å². The van der Waals surface area contributed by atoms with Crippen molar-refractivity contribution in [3.63, 3.8) is 0 Å². The second-order valence-electron chi connectivity index (χ2n) is 3.01. The van der Waals surface area contributed by atoms with E-state index < -0.39 is 0 Å². The highest BCUT2D eigenvalue weighted by atomic mass is 79.9. The van der Waals surface area contributed by atoms with E-state index in [1.54, 1.807) is 0 Å². The molecule has 0 aliphatic carbocycles. The average Bonchev–Trinajstić information content (AvgIpc) is 2.59. The van der Waals surface area contributed by atoms with Gasteiger partial charge in [-0.2, -0.15) is 0 Å². The molecule has 1 aromatic heterocycles. The van der Waals surface area contributed by atoms with Crippen LogP contribution in [0, 0.1) is 5.82 Å². The van der Waals surface area contributed by atoms with E-state index in [9.17, 15) is 4.39 Å². The minimum Gasteiger partial charge on any atom is -0.392 e. The summed E-state index contributed by atoms with van der Waals surface area (Å²) in [5, 5.41) is 11.9. The molecule has 4 heteroatoms. The van der Waals surface area contributed by atoms with Crippen LogP contribution in [0.3, 0.4) is 0 Å². The van der Waals surface area contributed by atoms with Crippen LogP contribution in [0.25, 0.3) is 10.1 Å². The van der Waals surface area contributed by atoms with Gasteiger partial charge in [0.1, 0.15) is 5.82 Å². The van der Waals surface area contributed by atoms with E-state index >= 15 is 0 Å². The van der Waals surface area contributed by atoms with E-state index in [1.165, 1.54) is 16.7 Å². The van der Waals surface area contributed by atoms with Crippen molar-refractivity contribution < 1.29 is 9.50 Å². The predicted octanol–water partition coefficient (Wildman–Crippen LogP) is 3.43. The van der Waals surface area contributed by atoms with Gasteiger partial charge >= 0.3 is 0 Å². The molecular weight excluding hydrogens is 267 g/mol. The number of rotatable bonds is 2. The first kappa shape index (κ1) is 10.1. The van der Waals surface area contributed by atoms with Crippen LogP contribution in [0.1, 0.15) is 11.1 Å². The maximum absolute atomic E-state index is 13.3. The largest absolute Gasteiger partial charge is 0.392 e. The molecule has 0 bridgehead atoms. The SMILES string of the molecule is OCc1cc(CBr)cc2c(F)csc12. The topological polar surface area (TPSA) is 20.2 Å². The summed E-state index contributed by atoms with van der Waals surface area (Å²) >= 11 is 4.65. The third-order valence-corrected chi connectivity index (χ3v) is 3.78. The van der Waals surface area contributed by atoms with Gasteiger partial charge in [-0.15, -0.1) is 11.3 Å². The van der Waals surface area contributed by atoms with Crippen molar-refractivity contribution in [1.29, 1.82) is 0 Å². The van der Waals surface area contributed by atoms with Crippen molar-refractivity contribution in [3.05, 3.63) is 34.5 Å². The first-order chi connectivity index (χ1) is 6.76. The lowest BCUT2D eigenvalue weighted by atomic mass is 10.1. The van der Waals surface area contributed by atoms with Gasteiger partial charge in [-0.3, -0.25) is 0 Å². The second kappa shape index (κ2) is 3.96. The smallest absolute Gasteiger partial charge is 0.141 e. The fraction of sp³-hybridized carbons (Fsp3) is 0.200. The fourth-order valence-electron chi connectivity index (χ4n) is 1.44. The molecule has 1 aromatic carbocycles. The first-order valence-electron chi connectivity index (χ1n) is 4.11. The predicted molar refractivity (Wildman–Crippen MR) is 60.3 cm³/mol. The van der Waals surface area contributed by atoms with Gasteiger partial charge in [0.15, 0.2) is 0 Å². The van der Waals surface area contributed by atoms with Gasteiger partial charge in [0, 0.05) is 20.8 Å². The van der Waals surface area contributed by atoms with Crippen LogP contribution in [-0.2, 0) is 11.9 Å². The normalized spacial score (nSPS) is 11.1. The summed E-state index contributed by atoms with van der Waals surface area (Å²) in [7, 11) is 0. The van der Waals surface area contributed by atoms with E-state index in [-0.39, 0.29) is 12.4 Å². The second-order valence-corrected chi connectivity index (χ2v) is 4.45. The fourth-order valence-corrected chi connectivity index (χ4v) is 2.67. The van der Waals surface area contributed by atoms with Gasteiger partial charge in [0.05, 0.1) is 6.61 Å². The van der Waals surface area contributed by atoms with Crippen LogP contribution in [0.15, 0.2) is 17.5 Å². The summed E-state index contributed by atoms with van der Waals surface area (Å²) in [5.74, 6) is -0.206. The standard InChI is InChI=1S/C10H8BrFOS/c11-3-6-1-7(4-13)10-8(2-6)9(12)5-14-10/h1-2,5,13H,3-4H2. The summed E-state index contributed by atoms with van der Waals surface area (Å²) in [5.41, 5.74) is 1.78. The molecule has 0 aliphatic rings. The van der Waals surface area contributed by atoms with Gasteiger partial charge in [0.25, 0.3) is 0 Å². The van der Waals surface area contributed by atoms with Gasteiger partial charge in [-0.1, -0.05) is 22.0 Å². The number of aliphatic hydroxyl groups is 1. The average molecular weight is 275 g/mol. The molecule has 0 aliphatic heterocycles. The number of aliphatic hydroxyl groups excluding tert-OH is 1. The van der Waals surface area contributed by atoms with E-state index in [0.29, 0.717) is 10.7 Å². The summed E-state index contributed by atoms with van der Waals surface area (Å²) in [6.45, 7) is -0.0444. The van der Waals surface area contributed by atoms with Gasteiger partial charge in [-0.25, -0.2) is 4.39 Å². The van der Waals surface area contributed by atoms with Crippen LogP contribution < -0.4 is 0 Å². The van der Waals surface area contributed by atoms with Crippen LogP contribution in [-0.4, -0.2) is 5.11 Å². The number of benzene rings is 1. The van der Waals surface area contributed by atoms with Crippen molar-refractivity contribution in [1.82, 2.24) is 0 Å². The lowest BCUT2D eigenvalue weighted by molar-refractivity contribution is 0.283. The van der Waals surface area contributed by atoms with E-state index in [1.807, 2.05) is 12.1 Å². The van der Waals surface area contributed by atoms with Crippen LogP contribution in [0.2, 0.25) is 0 Å². The van der Waals surface area contributed by atoms with Gasteiger partial charge in [0.2, 0.25) is 0 Å². The Balaban J connectivity index is 2.76. The van der Waals surface area contributed by atoms with Crippen molar-refractivity contribution in [2.24, 2.45) is 0 Å². The number of alkyl halides is 1. The molecule has 0 fully saturated rings. The lowest BCUT2D eigenvalue weighted by Crippen LogP contribution is -1.87. The quantitative estimate of drug-likeness (QED) is 0.832. The first-order valence-corrected chi connectivity index (χ1v) is 6.11. The van der Waals surface area contributed by atoms with Gasteiger partial charge < -0.3 is 5.11 Å². The Bertz CT molecular complexity index is 466. The molecule has 0 atom stereocenters. The molecule has 0 radical (unpaired) electrons. The molecular formula is C10H8BrFOS. The molecule has 0 spiro atoms. The number of halogens is 2. The van der Waals surface area contributed by atoms with Crippen LogP contribution in [0.5, 0.6) is 0 Å². The molecule has 2 aromatic rings. The molecule has 1 nitrogen and oxygen atoms in total. The minimum absolute atomic E-state index is 0.0444. The van der Waals surface area contributed by atoms with Crippen LogP contribution in [0.4, 0.5) is 4.39 Å². The zero-order valence-electron chi connectivity index (χ0n) is 7.26. The van der Waals surface area contributed by atoms with Crippen LogP contribution >= 0.6 is 27.3 Å². The summed E-state index contributed by atoms with van der Waals surface area (Å²) < 4.78 is 14.1. The maximum Gasteiger partial charge on any atom is 0.141 e. The molecule has 0 saturated heterocycles. The third-order valence-electron chi connectivity index (χ3n) is 2.09. The lowest BCUT2D eigenvalue weighted by Gasteiger charge is -2.02. The van der Waals surface area contributed by atoms with E-state index in [0.717, 1.165) is 15.8 Å². The van der Waals surface area contributed by atoms with Crippen molar-refractivity contribution >= 4 is 37.4 Å². The number of hydrogen-bond donors (Lipinski definition) is 1. The zero-order chi connectivity index (χ0) is 10.1. The molecule has 74 valence electrons. The molecule has 2 rings (SSSR count). The van der Waals surface area contributed by atoms with E-state index in [4.69, 9.17) is 5.11 Å². The Hall–Kier alpha value is -0.450. The molecule has 1 N–H and O–H groups in total. The van der Waals surface area contributed by atoms with Crippen molar-refractivity contribution in [2.75, 3.05) is 0 Å². The highest BCUT2D eigenvalue weighted by Gasteiger charge is 2.08. The molecule has 0 saturated carbocycles. The number of thiophene rings is 1. The summed E-state index contributed by atoms with van der Waals surface area (Å²) in [6.07, 6.45) is 0. The molecule has 0 amide bonds. The third kappa shape index (κ3) is 1.58. The Labute approximate surface area is 93.3 Å². The molecule has 0 unspecified atom stereocenters. The Morgan fingerprint density at radius 3 is 2.86 bits per heavy atom. The highest BCUT2D eigenvalue weighted by molar-refractivity contribution is 9.08.